The van der Waals surface area contributed by atoms with Gasteiger partial charge in [-0.3, -0.25) is 0 Å². The summed E-state index contributed by atoms with van der Waals surface area (Å²) < 4.78 is 24.0. The normalized spacial score (nSPS) is 17.3. The SMILES string of the molecule is CCc1nc2c(s1)CN(S(C)(=O)=O)C2. The molecule has 1 aromatic heterocycles. The van der Waals surface area contributed by atoms with Crippen molar-refractivity contribution in [1.29, 1.82) is 0 Å². The lowest BCUT2D eigenvalue weighted by Crippen LogP contribution is -2.24. The first-order valence-electron chi connectivity index (χ1n) is 4.43. The number of hydrogen-bond acceptors (Lipinski definition) is 4. The third-order valence-electron chi connectivity index (χ3n) is 2.24. The molecule has 0 fully saturated rings. The molecule has 0 aromatic carbocycles. The van der Waals surface area contributed by atoms with Crippen LogP contribution in [-0.2, 0) is 29.5 Å². The minimum atomic E-state index is -3.06. The van der Waals surface area contributed by atoms with Crippen LogP contribution >= 0.6 is 11.3 Å². The van der Waals surface area contributed by atoms with Crippen LogP contribution in [0.3, 0.4) is 0 Å². The van der Waals surface area contributed by atoms with Gasteiger partial charge in [0.1, 0.15) is 0 Å². The van der Waals surface area contributed by atoms with E-state index < -0.39 is 10.0 Å². The van der Waals surface area contributed by atoms with Gasteiger partial charge in [-0.15, -0.1) is 11.3 Å². The predicted octanol–water partition coefficient (Wildman–Crippen LogP) is 0.981. The first-order valence-corrected chi connectivity index (χ1v) is 7.09. The van der Waals surface area contributed by atoms with Crippen LogP contribution in [0.4, 0.5) is 0 Å². The molecule has 6 heteroatoms. The third-order valence-corrected chi connectivity index (χ3v) is 4.66. The largest absolute Gasteiger partial charge is 0.245 e. The smallest absolute Gasteiger partial charge is 0.211 e. The lowest BCUT2D eigenvalue weighted by atomic mass is 10.4. The molecule has 0 aliphatic carbocycles. The molecule has 4 nitrogen and oxygen atoms in total. The Bertz CT molecular complexity index is 426. The van der Waals surface area contributed by atoms with Crippen LogP contribution in [0.2, 0.25) is 0 Å². The Morgan fingerprint density at radius 1 is 1.50 bits per heavy atom. The van der Waals surface area contributed by atoms with Gasteiger partial charge in [0.25, 0.3) is 0 Å². The van der Waals surface area contributed by atoms with Gasteiger partial charge >= 0.3 is 0 Å². The molecule has 2 heterocycles. The van der Waals surface area contributed by atoms with Crippen LogP contribution < -0.4 is 0 Å². The van der Waals surface area contributed by atoms with Crippen molar-refractivity contribution in [1.82, 2.24) is 9.29 Å². The van der Waals surface area contributed by atoms with Crippen molar-refractivity contribution in [2.24, 2.45) is 0 Å². The number of rotatable bonds is 2. The zero-order valence-electron chi connectivity index (χ0n) is 8.15. The molecule has 14 heavy (non-hydrogen) atoms. The highest BCUT2D eigenvalue weighted by atomic mass is 32.2. The van der Waals surface area contributed by atoms with Crippen molar-refractivity contribution in [3.63, 3.8) is 0 Å². The number of aromatic nitrogens is 1. The molecule has 1 aliphatic rings. The molecule has 0 atom stereocenters. The Labute approximate surface area is 87.6 Å². The molecule has 1 aromatic rings. The zero-order valence-corrected chi connectivity index (χ0v) is 9.78. The van der Waals surface area contributed by atoms with Gasteiger partial charge in [0.15, 0.2) is 0 Å². The maximum absolute atomic E-state index is 11.3. The van der Waals surface area contributed by atoms with Crippen LogP contribution in [-0.4, -0.2) is 24.0 Å². The molecule has 0 saturated carbocycles. The Balaban J connectivity index is 2.24. The van der Waals surface area contributed by atoms with Crippen molar-refractivity contribution in [3.8, 4) is 0 Å². The minimum Gasteiger partial charge on any atom is -0.245 e. The fraction of sp³-hybridized carbons (Fsp3) is 0.625. The van der Waals surface area contributed by atoms with Crippen LogP contribution in [0.15, 0.2) is 0 Å². The molecule has 0 spiro atoms. The summed E-state index contributed by atoms with van der Waals surface area (Å²) in [5, 5.41) is 1.10. The topological polar surface area (TPSA) is 50.3 Å². The summed E-state index contributed by atoms with van der Waals surface area (Å²) in [6.45, 7) is 3.01. The summed E-state index contributed by atoms with van der Waals surface area (Å²) in [5.41, 5.74) is 0.942. The quantitative estimate of drug-likeness (QED) is 0.763. The van der Waals surface area contributed by atoms with E-state index in [1.807, 2.05) is 0 Å². The summed E-state index contributed by atoms with van der Waals surface area (Å²) in [7, 11) is -3.06. The average molecular weight is 232 g/mol. The van der Waals surface area contributed by atoms with Gasteiger partial charge in [0, 0.05) is 4.88 Å². The van der Waals surface area contributed by atoms with Gasteiger partial charge in [-0.2, -0.15) is 4.31 Å². The Morgan fingerprint density at radius 3 is 2.71 bits per heavy atom. The van der Waals surface area contributed by atoms with E-state index >= 15 is 0 Å². The molecule has 78 valence electrons. The van der Waals surface area contributed by atoms with E-state index in [-0.39, 0.29) is 0 Å². The molecule has 0 bridgehead atoms. The third kappa shape index (κ3) is 1.69. The number of hydrogen-bond donors (Lipinski definition) is 0. The van der Waals surface area contributed by atoms with Gasteiger partial charge in [0.2, 0.25) is 10.0 Å². The Morgan fingerprint density at radius 2 is 2.21 bits per heavy atom. The average Bonchev–Trinajstić information content (AvgIpc) is 2.56. The molecule has 0 radical (unpaired) electrons. The predicted molar refractivity (Wildman–Crippen MR) is 55.6 cm³/mol. The van der Waals surface area contributed by atoms with E-state index in [0.717, 1.165) is 22.0 Å². The molecule has 2 rings (SSSR count). The zero-order chi connectivity index (χ0) is 10.3. The first kappa shape index (κ1) is 10.1. The molecule has 0 unspecified atom stereocenters. The van der Waals surface area contributed by atoms with E-state index in [2.05, 4.69) is 11.9 Å². The second kappa shape index (κ2) is 3.29. The molecule has 1 aliphatic heterocycles. The molecule has 0 amide bonds. The van der Waals surface area contributed by atoms with Crippen molar-refractivity contribution >= 4 is 21.4 Å². The summed E-state index contributed by atoms with van der Waals surface area (Å²) in [6.07, 6.45) is 2.17. The molecule has 0 saturated heterocycles. The lowest BCUT2D eigenvalue weighted by Gasteiger charge is -2.10. The van der Waals surface area contributed by atoms with Crippen molar-refractivity contribution in [2.75, 3.05) is 6.26 Å². The van der Waals surface area contributed by atoms with Crippen molar-refractivity contribution in [3.05, 3.63) is 15.6 Å². The molecular formula is C8H12N2O2S2. The van der Waals surface area contributed by atoms with Gasteiger partial charge in [-0.1, -0.05) is 6.92 Å². The van der Waals surface area contributed by atoms with E-state index in [0.29, 0.717) is 13.1 Å². The van der Waals surface area contributed by atoms with Crippen LogP contribution in [0.25, 0.3) is 0 Å². The maximum atomic E-state index is 11.3. The van der Waals surface area contributed by atoms with Crippen molar-refractivity contribution < 1.29 is 8.42 Å². The van der Waals surface area contributed by atoms with Gasteiger partial charge in [-0.05, 0) is 6.42 Å². The monoisotopic (exact) mass is 232 g/mol. The van der Waals surface area contributed by atoms with Crippen LogP contribution in [0.1, 0.15) is 22.5 Å². The van der Waals surface area contributed by atoms with Gasteiger partial charge in [0.05, 0.1) is 30.0 Å². The Hall–Kier alpha value is -0.460. The summed E-state index contributed by atoms with van der Waals surface area (Å²) in [5.74, 6) is 0. The number of sulfonamides is 1. The van der Waals surface area contributed by atoms with Crippen LogP contribution in [0.5, 0.6) is 0 Å². The number of nitrogens with zero attached hydrogens (tertiary/aromatic N) is 2. The van der Waals surface area contributed by atoms with Gasteiger partial charge in [-0.25, -0.2) is 13.4 Å². The highest BCUT2D eigenvalue weighted by Crippen LogP contribution is 2.29. The standard InChI is InChI=1S/C8H12N2O2S2/c1-3-8-9-6-4-10(14(2,11)12)5-7(6)13-8/h3-5H2,1-2H3. The lowest BCUT2D eigenvalue weighted by molar-refractivity contribution is 0.435. The maximum Gasteiger partial charge on any atom is 0.211 e. The first-order chi connectivity index (χ1) is 6.50. The second-order valence-electron chi connectivity index (χ2n) is 3.36. The van der Waals surface area contributed by atoms with Crippen molar-refractivity contribution in [2.45, 2.75) is 26.4 Å². The highest BCUT2D eigenvalue weighted by Gasteiger charge is 2.28. The number of thiazole rings is 1. The van der Waals surface area contributed by atoms with E-state index in [1.165, 1.54) is 10.6 Å². The van der Waals surface area contributed by atoms with E-state index in [1.54, 1.807) is 11.3 Å². The highest BCUT2D eigenvalue weighted by molar-refractivity contribution is 7.88. The van der Waals surface area contributed by atoms with Gasteiger partial charge < -0.3 is 0 Å². The van der Waals surface area contributed by atoms with E-state index in [4.69, 9.17) is 0 Å². The number of fused-ring (bicyclic) bond motifs is 1. The molecular weight excluding hydrogens is 220 g/mol. The molecule has 0 N–H and O–H groups in total. The Kier molecular flexibility index (Phi) is 2.36. The van der Waals surface area contributed by atoms with Crippen LogP contribution in [0, 0.1) is 0 Å². The summed E-state index contributed by atoms with van der Waals surface area (Å²) >= 11 is 1.62. The minimum absolute atomic E-state index is 0.449. The fourth-order valence-electron chi connectivity index (χ4n) is 1.45. The number of aryl methyl sites for hydroxylation is 1. The fourth-order valence-corrected chi connectivity index (χ4v) is 3.29. The summed E-state index contributed by atoms with van der Waals surface area (Å²) in [6, 6.07) is 0. The van der Waals surface area contributed by atoms with E-state index in [9.17, 15) is 8.42 Å². The summed E-state index contributed by atoms with van der Waals surface area (Å²) in [4.78, 5) is 5.49. The second-order valence-corrected chi connectivity index (χ2v) is 6.51.